The molecule has 29 heavy (non-hydrogen) atoms. The maximum atomic E-state index is 12.6. The number of amides is 2. The minimum atomic E-state index is -0.178. The molecule has 0 fully saturated rings. The van der Waals surface area contributed by atoms with Gasteiger partial charge in [0.15, 0.2) is 0 Å². The fourth-order valence-corrected chi connectivity index (χ4v) is 3.79. The van der Waals surface area contributed by atoms with Crippen molar-refractivity contribution < 1.29 is 9.59 Å². The van der Waals surface area contributed by atoms with Crippen LogP contribution in [0.5, 0.6) is 0 Å². The Kier molecular flexibility index (Phi) is 6.72. The number of nitrogens with zero attached hydrogens (tertiary/aromatic N) is 2. The zero-order chi connectivity index (χ0) is 21.0. The first-order valence-corrected chi connectivity index (χ1v) is 10.6. The molecule has 2 aromatic rings. The first kappa shape index (κ1) is 21.1. The molecule has 0 radical (unpaired) electrons. The first-order valence-electron chi connectivity index (χ1n) is 10.6. The van der Waals surface area contributed by atoms with Crippen LogP contribution in [0.2, 0.25) is 0 Å². The van der Waals surface area contributed by atoms with Gasteiger partial charge in [-0.15, -0.1) is 0 Å². The van der Waals surface area contributed by atoms with E-state index in [2.05, 4.69) is 34.8 Å². The van der Waals surface area contributed by atoms with E-state index < -0.39 is 0 Å². The van der Waals surface area contributed by atoms with Crippen LogP contribution in [-0.2, 0) is 24.2 Å². The highest BCUT2D eigenvalue weighted by Gasteiger charge is 2.26. The summed E-state index contributed by atoms with van der Waals surface area (Å²) in [6.45, 7) is 9.36. The van der Waals surface area contributed by atoms with Gasteiger partial charge in [-0.25, -0.2) is 0 Å². The van der Waals surface area contributed by atoms with Crippen molar-refractivity contribution in [1.29, 1.82) is 0 Å². The standard InChI is InChI=1S/C23H32N4O2/c1-5-17-6-8-19(9-7-17)16(4)22(28)24-13-18-10-11-27-21(12-18)20(14-25-27)23(29)26-15(2)3/h6-9,14-16,18H,5,10-13H2,1-4H3,(H,24,28)(H,26,29)/t16-,18-/m1/s1. The molecule has 0 aliphatic carbocycles. The van der Waals surface area contributed by atoms with Gasteiger partial charge in [0.05, 0.1) is 23.4 Å². The molecule has 2 heterocycles. The van der Waals surface area contributed by atoms with E-state index in [0.717, 1.165) is 37.1 Å². The molecule has 1 aliphatic heterocycles. The van der Waals surface area contributed by atoms with Gasteiger partial charge in [0.2, 0.25) is 5.91 Å². The monoisotopic (exact) mass is 396 g/mol. The molecule has 2 N–H and O–H groups in total. The van der Waals surface area contributed by atoms with Crippen molar-refractivity contribution in [1.82, 2.24) is 20.4 Å². The van der Waals surface area contributed by atoms with Crippen molar-refractivity contribution in [3.05, 3.63) is 52.8 Å². The molecule has 0 saturated heterocycles. The average Bonchev–Trinajstić information content (AvgIpc) is 3.14. The molecule has 1 aromatic carbocycles. The lowest BCUT2D eigenvalue weighted by molar-refractivity contribution is -0.122. The number of aromatic nitrogens is 2. The lowest BCUT2D eigenvalue weighted by Gasteiger charge is -2.25. The molecule has 0 saturated carbocycles. The predicted molar refractivity (Wildman–Crippen MR) is 114 cm³/mol. The Bertz CT molecular complexity index is 854. The molecule has 2 atom stereocenters. The van der Waals surface area contributed by atoms with Crippen molar-refractivity contribution in [3.8, 4) is 0 Å². The second-order valence-electron chi connectivity index (χ2n) is 8.28. The largest absolute Gasteiger partial charge is 0.355 e. The Labute approximate surface area is 173 Å². The van der Waals surface area contributed by atoms with Gasteiger partial charge in [-0.2, -0.15) is 5.10 Å². The van der Waals surface area contributed by atoms with Gasteiger partial charge in [-0.05, 0) is 57.1 Å². The zero-order valence-electron chi connectivity index (χ0n) is 17.9. The van der Waals surface area contributed by atoms with E-state index in [9.17, 15) is 9.59 Å². The molecular weight excluding hydrogens is 364 g/mol. The summed E-state index contributed by atoms with van der Waals surface area (Å²) >= 11 is 0. The van der Waals surface area contributed by atoms with E-state index in [1.165, 1.54) is 5.56 Å². The van der Waals surface area contributed by atoms with Crippen molar-refractivity contribution in [2.24, 2.45) is 5.92 Å². The second-order valence-corrected chi connectivity index (χ2v) is 8.28. The predicted octanol–water partition coefficient (Wildman–Crippen LogP) is 3.07. The summed E-state index contributed by atoms with van der Waals surface area (Å²) in [4.78, 5) is 25.1. The molecular formula is C23H32N4O2. The van der Waals surface area contributed by atoms with Crippen LogP contribution in [0.4, 0.5) is 0 Å². The molecule has 156 valence electrons. The number of benzene rings is 1. The third-order valence-electron chi connectivity index (χ3n) is 5.69. The highest BCUT2D eigenvalue weighted by molar-refractivity contribution is 5.95. The zero-order valence-corrected chi connectivity index (χ0v) is 17.9. The molecule has 6 heteroatoms. The van der Waals surface area contributed by atoms with Gasteiger partial charge in [0.1, 0.15) is 0 Å². The van der Waals surface area contributed by atoms with Crippen LogP contribution in [0.3, 0.4) is 0 Å². The fraction of sp³-hybridized carbons (Fsp3) is 0.522. The highest BCUT2D eigenvalue weighted by atomic mass is 16.2. The molecule has 2 amide bonds. The Morgan fingerprint density at radius 3 is 2.59 bits per heavy atom. The quantitative estimate of drug-likeness (QED) is 0.755. The summed E-state index contributed by atoms with van der Waals surface area (Å²) in [7, 11) is 0. The van der Waals surface area contributed by atoms with Crippen LogP contribution in [-0.4, -0.2) is 34.2 Å². The minimum Gasteiger partial charge on any atom is -0.355 e. The summed E-state index contributed by atoms with van der Waals surface area (Å²) < 4.78 is 1.92. The van der Waals surface area contributed by atoms with E-state index in [-0.39, 0.29) is 23.8 Å². The van der Waals surface area contributed by atoms with Crippen molar-refractivity contribution in [2.45, 2.75) is 65.5 Å². The van der Waals surface area contributed by atoms with Gasteiger partial charge in [0, 0.05) is 19.1 Å². The Morgan fingerprint density at radius 1 is 1.21 bits per heavy atom. The first-order chi connectivity index (χ1) is 13.9. The van der Waals surface area contributed by atoms with E-state index in [1.807, 2.05) is 37.6 Å². The Hall–Kier alpha value is -2.63. The number of carbonyl (C=O) groups excluding carboxylic acids is 2. The molecule has 0 spiro atoms. The van der Waals surface area contributed by atoms with Crippen LogP contribution in [0.1, 0.15) is 67.2 Å². The van der Waals surface area contributed by atoms with Gasteiger partial charge in [-0.3, -0.25) is 14.3 Å². The van der Waals surface area contributed by atoms with Crippen LogP contribution < -0.4 is 10.6 Å². The van der Waals surface area contributed by atoms with E-state index in [1.54, 1.807) is 6.20 Å². The van der Waals surface area contributed by atoms with Crippen LogP contribution >= 0.6 is 0 Å². The molecule has 0 unspecified atom stereocenters. The van der Waals surface area contributed by atoms with Crippen LogP contribution in [0.15, 0.2) is 30.5 Å². The maximum absolute atomic E-state index is 12.6. The van der Waals surface area contributed by atoms with Gasteiger partial charge < -0.3 is 10.6 Å². The third kappa shape index (κ3) is 5.05. The van der Waals surface area contributed by atoms with Crippen LogP contribution in [0, 0.1) is 5.92 Å². The van der Waals surface area contributed by atoms with Crippen molar-refractivity contribution >= 4 is 11.8 Å². The van der Waals surface area contributed by atoms with E-state index in [4.69, 9.17) is 0 Å². The summed E-state index contributed by atoms with van der Waals surface area (Å²) in [5.74, 6) is 0.104. The third-order valence-corrected chi connectivity index (χ3v) is 5.69. The van der Waals surface area contributed by atoms with Crippen LogP contribution in [0.25, 0.3) is 0 Å². The summed E-state index contributed by atoms with van der Waals surface area (Å²) in [6, 6.07) is 8.35. The number of hydrogen-bond acceptors (Lipinski definition) is 3. The van der Waals surface area contributed by atoms with Gasteiger partial charge >= 0.3 is 0 Å². The molecule has 0 bridgehead atoms. The number of rotatable bonds is 7. The summed E-state index contributed by atoms with van der Waals surface area (Å²) in [5.41, 5.74) is 3.93. The number of hydrogen-bond donors (Lipinski definition) is 2. The lowest BCUT2D eigenvalue weighted by Crippen LogP contribution is -2.36. The van der Waals surface area contributed by atoms with E-state index in [0.29, 0.717) is 18.0 Å². The van der Waals surface area contributed by atoms with E-state index >= 15 is 0 Å². The van der Waals surface area contributed by atoms with Crippen molar-refractivity contribution in [3.63, 3.8) is 0 Å². The molecule has 1 aliphatic rings. The molecule has 1 aromatic heterocycles. The van der Waals surface area contributed by atoms with Crippen molar-refractivity contribution in [2.75, 3.05) is 6.54 Å². The molecule has 6 nitrogen and oxygen atoms in total. The van der Waals surface area contributed by atoms with Gasteiger partial charge in [-0.1, -0.05) is 31.2 Å². The smallest absolute Gasteiger partial charge is 0.254 e. The number of nitrogens with one attached hydrogen (secondary N) is 2. The lowest BCUT2D eigenvalue weighted by atomic mass is 9.93. The number of aryl methyl sites for hydroxylation is 2. The Morgan fingerprint density at radius 2 is 1.93 bits per heavy atom. The fourth-order valence-electron chi connectivity index (χ4n) is 3.79. The summed E-state index contributed by atoms with van der Waals surface area (Å²) in [6.07, 6.45) is 4.35. The SMILES string of the molecule is CCc1ccc([C@@H](C)C(=O)NC[C@@H]2CCn3ncc(C(=O)NC(C)C)c3C2)cc1. The number of fused-ring (bicyclic) bond motifs is 1. The Balaban J connectivity index is 1.57. The normalized spacial score (nSPS) is 16.9. The topological polar surface area (TPSA) is 76.0 Å². The average molecular weight is 397 g/mol. The minimum absolute atomic E-state index is 0.0473. The second kappa shape index (κ2) is 9.25. The molecule has 3 rings (SSSR count). The summed E-state index contributed by atoms with van der Waals surface area (Å²) in [5, 5.41) is 10.4. The number of carbonyl (C=O) groups is 2. The maximum Gasteiger partial charge on any atom is 0.254 e. The van der Waals surface area contributed by atoms with Gasteiger partial charge in [0.25, 0.3) is 5.91 Å². The highest BCUT2D eigenvalue weighted by Crippen LogP contribution is 2.23.